The molecule has 222 valence electrons. The van der Waals surface area contributed by atoms with Gasteiger partial charge in [0.05, 0.1) is 11.1 Å². The molecule has 0 aromatic heterocycles. The lowest BCUT2D eigenvalue weighted by atomic mass is 9.71. The number of benzene rings is 3. The third-order valence-electron chi connectivity index (χ3n) is 8.49. The Bertz CT molecular complexity index is 1570. The highest BCUT2D eigenvalue weighted by Gasteiger charge is 2.43. The summed E-state index contributed by atoms with van der Waals surface area (Å²) >= 11 is 9.93. The minimum absolute atomic E-state index is 0.135. The number of allylic oxidation sites excluding steroid dienone is 4. The van der Waals surface area contributed by atoms with Gasteiger partial charge in [0.1, 0.15) is 6.61 Å². The summed E-state index contributed by atoms with van der Waals surface area (Å²) in [7, 11) is 0. The van der Waals surface area contributed by atoms with Gasteiger partial charge in [-0.2, -0.15) is 0 Å². The van der Waals surface area contributed by atoms with Crippen LogP contribution < -0.4 is 9.47 Å². The fraction of sp³-hybridized carbons (Fsp3) is 0.333. The van der Waals surface area contributed by atoms with E-state index in [2.05, 4.69) is 45.1 Å². The predicted octanol–water partition coefficient (Wildman–Crippen LogP) is 8.74. The molecule has 0 unspecified atom stereocenters. The van der Waals surface area contributed by atoms with Gasteiger partial charge < -0.3 is 14.4 Å². The molecule has 0 N–H and O–H groups in total. The second-order valence-corrected chi connectivity index (χ2v) is 12.6. The molecule has 0 radical (unpaired) electrons. The van der Waals surface area contributed by atoms with E-state index in [4.69, 9.17) is 21.1 Å². The van der Waals surface area contributed by atoms with Crippen molar-refractivity contribution in [1.82, 2.24) is 4.90 Å². The zero-order valence-electron chi connectivity index (χ0n) is 24.3. The Hall–Kier alpha value is -3.35. The lowest BCUT2D eigenvalue weighted by molar-refractivity contribution is -0.117. The summed E-state index contributed by atoms with van der Waals surface area (Å²) in [4.78, 5) is 29.9. The van der Waals surface area contributed by atoms with Crippen molar-refractivity contribution in [3.8, 4) is 11.5 Å². The van der Waals surface area contributed by atoms with E-state index >= 15 is 0 Å². The van der Waals surface area contributed by atoms with E-state index in [1.165, 1.54) is 5.56 Å². The van der Waals surface area contributed by atoms with Gasteiger partial charge in [-0.1, -0.05) is 54.1 Å². The van der Waals surface area contributed by atoms with Crippen molar-refractivity contribution in [3.63, 3.8) is 0 Å². The molecule has 1 aliphatic heterocycles. The second kappa shape index (κ2) is 13.1. The van der Waals surface area contributed by atoms with Crippen molar-refractivity contribution in [2.75, 3.05) is 13.2 Å². The second-order valence-electron chi connectivity index (χ2n) is 11.3. The van der Waals surface area contributed by atoms with Gasteiger partial charge in [0.2, 0.25) is 0 Å². The zero-order valence-corrected chi connectivity index (χ0v) is 26.7. The first kappa shape index (κ1) is 29.7. The van der Waals surface area contributed by atoms with Crippen LogP contribution in [0.15, 0.2) is 93.7 Å². The maximum atomic E-state index is 13.8. The number of ketones is 2. The Labute approximate surface area is 266 Å². The van der Waals surface area contributed by atoms with Crippen LogP contribution in [0.1, 0.15) is 68.1 Å². The third-order valence-corrected chi connectivity index (χ3v) is 9.31. The molecule has 5 nitrogen and oxygen atoms in total. The number of carbonyl (C=O) groups is 2. The summed E-state index contributed by atoms with van der Waals surface area (Å²) in [6.07, 6.45) is 5.16. The van der Waals surface area contributed by atoms with Crippen molar-refractivity contribution < 1.29 is 19.1 Å². The number of ether oxygens (including phenoxy) is 2. The van der Waals surface area contributed by atoms with Crippen LogP contribution in [0.4, 0.5) is 0 Å². The van der Waals surface area contributed by atoms with Crippen LogP contribution in [0.3, 0.4) is 0 Å². The van der Waals surface area contributed by atoms with Crippen LogP contribution in [-0.4, -0.2) is 29.6 Å². The Morgan fingerprint density at radius 2 is 1.51 bits per heavy atom. The molecule has 2 aliphatic carbocycles. The molecule has 0 saturated carbocycles. The first-order valence-electron chi connectivity index (χ1n) is 15.1. The van der Waals surface area contributed by atoms with Gasteiger partial charge in [0, 0.05) is 52.9 Å². The third kappa shape index (κ3) is 6.18. The number of halogens is 2. The highest BCUT2D eigenvalue weighted by molar-refractivity contribution is 9.10. The van der Waals surface area contributed by atoms with Crippen molar-refractivity contribution >= 4 is 39.1 Å². The number of carbonyl (C=O) groups excluding carboxylic acids is 2. The molecular formula is C36H35BrClNO4. The van der Waals surface area contributed by atoms with Crippen LogP contribution in [0.25, 0.3) is 0 Å². The summed E-state index contributed by atoms with van der Waals surface area (Å²) in [6.45, 7) is 3.45. The Morgan fingerprint density at radius 1 is 0.837 bits per heavy atom. The molecule has 7 heteroatoms. The van der Waals surface area contributed by atoms with E-state index < -0.39 is 5.92 Å². The van der Waals surface area contributed by atoms with Crippen LogP contribution in [0.2, 0.25) is 5.02 Å². The zero-order chi connectivity index (χ0) is 29.9. The molecular weight excluding hydrogens is 626 g/mol. The first-order chi connectivity index (χ1) is 20.9. The number of Topliss-reactive ketones (excluding diaryl/α,β-unsaturated/α-hetero) is 2. The summed E-state index contributed by atoms with van der Waals surface area (Å²) < 4.78 is 13.1. The van der Waals surface area contributed by atoms with Gasteiger partial charge in [0.15, 0.2) is 23.1 Å². The van der Waals surface area contributed by atoms with Crippen molar-refractivity contribution in [2.24, 2.45) is 0 Å². The van der Waals surface area contributed by atoms with E-state index in [-0.39, 0.29) is 11.6 Å². The van der Waals surface area contributed by atoms with E-state index in [0.717, 1.165) is 76.8 Å². The maximum Gasteiger partial charge on any atom is 0.175 e. The fourth-order valence-electron chi connectivity index (χ4n) is 6.65. The molecule has 3 aliphatic rings. The summed E-state index contributed by atoms with van der Waals surface area (Å²) in [5, 5.41) is 0.651. The highest BCUT2D eigenvalue weighted by atomic mass is 79.9. The average molecular weight is 661 g/mol. The summed E-state index contributed by atoms with van der Waals surface area (Å²) in [6, 6.07) is 21.9. The number of hydrogen-bond acceptors (Lipinski definition) is 5. The van der Waals surface area contributed by atoms with Gasteiger partial charge in [-0.15, -0.1) is 0 Å². The molecule has 0 atom stereocenters. The Morgan fingerprint density at radius 3 is 2.16 bits per heavy atom. The van der Waals surface area contributed by atoms with Crippen LogP contribution in [-0.2, 0) is 22.6 Å². The molecule has 3 aromatic rings. The lowest BCUT2D eigenvalue weighted by Crippen LogP contribution is -2.40. The van der Waals surface area contributed by atoms with Gasteiger partial charge in [-0.25, -0.2) is 0 Å². The minimum atomic E-state index is -0.420. The Balaban J connectivity index is 1.42. The van der Waals surface area contributed by atoms with E-state index in [9.17, 15) is 9.59 Å². The maximum absolute atomic E-state index is 13.8. The number of nitrogens with zero attached hydrogens (tertiary/aromatic N) is 1. The van der Waals surface area contributed by atoms with E-state index in [1.807, 2.05) is 49.4 Å². The largest absolute Gasteiger partial charge is 0.490 e. The molecule has 1 heterocycles. The van der Waals surface area contributed by atoms with Crippen LogP contribution in [0, 0.1) is 0 Å². The minimum Gasteiger partial charge on any atom is -0.490 e. The first-order valence-corrected chi connectivity index (χ1v) is 16.3. The van der Waals surface area contributed by atoms with Crippen LogP contribution >= 0.6 is 27.5 Å². The van der Waals surface area contributed by atoms with Crippen LogP contribution in [0.5, 0.6) is 11.5 Å². The normalized spacial score (nSPS) is 17.2. The van der Waals surface area contributed by atoms with Crippen molar-refractivity contribution in [2.45, 2.75) is 64.4 Å². The van der Waals surface area contributed by atoms with E-state index in [0.29, 0.717) is 42.6 Å². The van der Waals surface area contributed by atoms with Gasteiger partial charge in [-0.05, 0) is 95.9 Å². The quantitative estimate of drug-likeness (QED) is 0.230. The topological polar surface area (TPSA) is 55.8 Å². The van der Waals surface area contributed by atoms with E-state index in [1.54, 1.807) is 0 Å². The molecule has 0 fully saturated rings. The lowest BCUT2D eigenvalue weighted by Gasteiger charge is -2.44. The average Bonchev–Trinajstić information content (AvgIpc) is 3.00. The van der Waals surface area contributed by atoms with Crippen molar-refractivity contribution in [1.29, 1.82) is 0 Å². The molecule has 0 bridgehead atoms. The van der Waals surface area contributed by atoms with Gasteiger partial charge in [0.25, 0.3) is 0 Å². The number of rotatable bonds is 9. The standard InChI is InChI=1S/C36H35BrClNO4/c1-2-42-32-21-25(20-27(37)36(32)43-22-24-11-6-12-26(38)19-24)33-34-28(13-7-15-30(34)40)39(18-17-23-9-4-3-5-10-23)29-14-8-16-31(41)35(29)33/h3-6,9-12,19-21,33H,2,7-8,13-18,22H2,1H3. The van der Waals surface area contributed by atoms with Crippen molar-refractivity contribution in [3.05, 3.63) is 115 Å². The monoisotopic (exact) mass is 659 g/mol. The molecule has 0 saturated heterocycles. The molecule has 0 amide bonds. The smallest absolute Gasteiger partial charge is 0.175 e. The summed E-state index contributed by atoms with van der Waals surface area (Å²) in [5.41, 5.74) is 6.78. The predicted molar refractivity (Wildman–Crippen MR) is 172 cm³/mol. The Kier molecular flexibility index (Phi) is 9.06. The fourth-order valence-corrected chi connectivity index (χ4v) is 7.43. The summed E-state index contributed by atoms with van der Waals surface area (Å²) in [5.74, 6) is 1.01. The SMILES string of the molecule is CCOc1cc(C2C3=C(CCCC3=O)N(CCc3ccccc3)C3=C2C(=O)CCC3)cc(Br)c1OCc1cccc(Cl)c1. The molecule has 0 spiro atoms. The molecule has 6 rings (SSSR count). The van der Waals surface area contributed by atoms with Gasteiger partial charge in [-0.3, -0.25) is 9.59 Å². The molecule has 43 heavy (non-hydrogen) atoms. The van der Waals surface area contributed by atoms with Gasteiger partial charge >= 0.3 is 0 Å². The molecule has 3 aromatic carbocycles. The number of hydrogen-bond donors (Lipinski definition) is 0. The highest BCUT2D eigenvalue weighted by Crippen LogP contribution is 2.51.